The summed E-state index contributed by atoms with van der Waals surface area (Å²) in [5, 5.41) is 11.4. The SMILES string of the molecule is COc1ccc(CNc2ncnc3c(-c4cnn(-c5cc(C(=O)Nc6cccc(Cl)c6F)ccc5C)c4)cccc23)c(OC)c1. The molecule has 0 saturated heterocycles. The van der Waals surface area contributed by atoms with E-state index >= 15 is 0 Å². The van der Waals surface area contributed by atoms with Crippen molar-refractivity contribution < 1.29 is 18.7 Å². The molecule has 0 aliphatic carbocycles. The molecule has 6 rings (SSSR count). The van der Waals surface area contributed by atoms with Crippen LogP contribution in [0.5, 0.6) is 11.5 Å². The molecule has 0 radical (unpaired) electrons. The van der Waals surface area contributed by atoms with Crippen molar-refractivity contribution in [3.63, 3.8) is 0 Å². The second-order valence-electron chi connectivity index (χ2n) is 10.2. The fraction of sp³-hybridized carbons (Fsp3) is 0.118. The number of rotatable bonds is 9. The van der Waals surface area contributed by atoms with Gasteiger partial charge in [-0.25, -0.2) is 19.0 Å². The van der Waals surface area contributed by atoms with Gasteiger partial charge in [-0.15, -0.1) is 0 Å². The number of methoxy groups -OCH3 is 2. The van der Waals surface area contributed by atoms with Gasteiger partial charge in [0.15, 0.2) is 5.82 Å². The van der Waals surface area contributed by atoms with Crippen LogP contribution in [0.25, 0.3) is 27.7 Å². The van der Waals surface area contributed by atoms with Gasteiger partial charge in [0.1, 0.15) is 23.6 Å². The van der Waals surface area contributed by atoms with Crippen LogP contribution >= 0.6 is 11.6 Å². The Balaban J connectivity index is 1.27. The molecule has 9 nitrogen and oxygen atoms in total. The predicted molar refractivity (Wildman–Crippen MR) is 173 cm³/mol. The highest BCUT2D eigenvalue weighted by Crippen LogP contribution is 2.32. The van der Waals surface area contributed by atoms with Crippen LogP contribution in [0.2, 0.25) is 5.02 Å². The van der Waals surface area contributed by atoms with Crippen LogP contribution in [0.3, 0.4) is 0 Å². The third-order valence-electron chi connectivity index (χ3n) is 7.42. The number of aryl methyl sites for hydroxylation is 1. The summed E-state index contributed by atoms with van der Waals surface area (Å²) in [4.78, 5) is 22.1. The van der Waals surface area contributed by atoms with Crippen LogP contribution < -0.4 is 20.1 Å². The van der Waals surface area contributed by atoms with Crippen molar-refractivity contribution in [2.24, 2.45) is 0 Å². The first-order valence-electron chi connectivity index (χ1n) is 14.0. The van der Waals surface area contributed by atoms with E-state index < -0.39 is 11.7 Å². The highest BCUT2D eigenvalue weighted by molar-refractivity contribution is 6.31. The van der Waals surface area contributed by atoms with Gasteiger partial charge < -0.3 is 20.1 Å². The molecular weight excluding hydrogens is 595 g/mol. The molecule has 0 atom stereocenters. The molecular formula is C34H28ClFN6O3. The number of amides is 1. The Morgan fingerprint density at radius 2 is 1.84 bits per heavy atom. The van der Waals surface area contributed by atoms with Gasteiger partial charge in [0.2, 0.25) is 0 Å². The average Bonchev–Trinajstić information content (AvgIpc) is 3.55. The summed E-state index contributed by atoms with van der Waals surface area (Å²) in [7, 11) is 3.24. The van der Waals surface area contributed by atoms with Crippen molar-refractivity contribution in [3.05, 3.63) is 119 Å². The Kier molecular flexibility index (Phi) is 8.30. The van der Waals surface area contributed by atoms with Crippen LogP contribution in [0.1, 0.15) is 21.5 Å². The first-order valence-corrected chi connectivity index (χ1v) is 14.3. The molecule has 2 N–H and O–H groups in total. The van der Waals surface area contributed by atoms with Crippen molar-refractivity contribution >= 4 is 39.9 Å². The molecule has 0 aliphatic heterocycles. The number of aromatic nitrogens is 4. The van der Waals surface area contributed by atoms with Crippen molar-refractivity contribution in [1.82, 2.24) is 19.7 Å². The lowest BCUT2D eigenvalue weighted by atomic mass is 10.1. The maximum atomic E-state index is 14.4. The zero-order valence-electron chi connectivity index (χ0n) is 24.6. The Labute approximate surface area is 263 Å². The molecule has 4 aromatic carbocycles. The van der Waals surface area contributed by atoms with Crippen LogP contribution in [-0.2, 0) is 6.54 Å². The van der Waals surface area contributed by atoms with Crippen LogP contribution in [0.4, 0.5) is 15.9 Å². The zero-order valence-corrected chi connectivity index (χ0v) is 25.4. The molecule has 0 saturated carbocycles. The van der Waals surface area contributed by atoms with Gasteiger partial charge in [0.05, 0.1) is 42.3 Å². The largest absolute Gasteiger partial charge is 0.497 e. The van der Waals surface area contributed by atoms with Gasteiger partial charge in [-0.3, -0.25) is 4.79 Å². The second kappa shape index (κ2) is 12.6. The summed E-state index contributed by atoms with van der Waals surface area (Å²) in [6.45, 7) is 2.41. The summed E-state index contributed by atoms with van der Waals surface area (Å²) in [6.07, 6.45) is 5.16. The van der Waals surface area contributed by atoms with Crippen LogP contribution in [-0.4, -0.2) is 39.9 Å². The molecule has 2 aromatic heterocycles. The third kappa shape index (κ3) is 6.00. The minimum atomic E-state index is -0.686. The third-order valence-corrected chi connectivity index (χ3v) is 7.71. The number of anilines is 2. The number of nitrogens with one attached hydrogen (secondary N) is 2. The molecule has 0 aliphatic rings. The second-order valence-corrected chi connectivity index (χ2v) is 10.6. The molecule has 0 spiro atoms. The summed E-state index contributed by atoms with van der Waals surface area (Å²) in [5.41, 5.74) is 5.35. The van der Waals surface area contributed by atoms with E-state index in [9.17, 15) is 9.18 Å². The molecule has 6 aromatic rings. The van der Waals surface area contributed by atoms with Gasteiger partial charge in [0, 0.05) is 46.4 Å². The van der Waals surface area contributed by atoms with Crippen molar-refractivity contribution in [2.45, 2.75) is 13.5 Å². The van der Waals surface area contributed by atoms with Crippen molar-refractivity contribution in [1.29, 1.82) is 0 Å². The smallest absolute Gasteiger partial charge is 0.255 e. The first-order chi connectivity index (χ1) is 21.9. The lowest BCUT2D eigenvalue weighted by Crippen LogP contribution is -2.14. The van der Waals surface area contributed by atoms with Gasteiger partial charge in [0.25, 0.3) is 5.91 Å². The summed E-state index contributed by atoms with van der Waals surface area (Å²) >= 11 is 5.87. The number of nitrogens with zero attached hydrogens (tertiary/aromatic N) is 4. The normalized spacial score (nSPS) is 11.0. The summed E-state index contributed by atoms with van der Waals surface area (Å²) in [5.74, 6) is 0.947. The molecule has 226 valence electrons. The Bertz CT molecular complexity index is 2050. The van der Waals surface area contributed by atoms with E-state index in [1.54, 1.807) is 43.3 Å². The molecule has 1 amide bonds. The Morgan fingerprint density at radius 3 is 2.67 bits per heavy atom. The lowest BCUT2D eigenvalue weighted by molar-refractivity contribution is 0.102. The number of fused-ring (bicyclic) bond motifs is 1. The standard InChI is InChI=1S/C34H28ClFN6O3/c1-20-10-11-21(34(43)41-28-9-5-8-27(35)31(28)36)14-29(20)42-18-23(17-40-42)25-6-4-7-26-32(25)38-19-39-33(26)37-16-22-12-13-24(44-2)15-30(22)45-3/h4-15,17-19H,16H2,1-3H3,(H,41,43)(H,37,38,39). The van der Waals surface area contributed by atoms with Gasteiger partial charge >= 0.3 is 0 Å². The molecule has 11 heteroatoms. The van der Waals surface area contributed by atoms with Crippen molar-refractivity contribution in [3.8, 4) is 28.3 Å². The fourth-order valence-corrected chi connectivity index (χ4v) is 5.20. The number of benzene rings is 4. The minimum Gasteiger partial charge on any atom is -0.497 e. The Hall–Kier alpha value is -5.48. The van der Waals surface area contributed by atoms with E-state index in [2.05, 4.69) is 25.7 Å². The van der Waals surface area contributed by atoms with E-state index in [0.29, 0.717) is 35.1 Å². The topological polar surface area (TPSA) is 103 Å². The monoisotopic (exact) mass is 622 g/mol. The van der Waals surface area contributed by atoms with E-state index in [4.69, 9.17) is 21.1 Å². The van der Waals surface area contributed by atoms with E-state index in [0.717, 1.165) is 33.2 Å². The minimum absolute atomic E-state index is 0.00550. The molecule has 0 bridgehead atoms. The average molecular weight is 623 g/mol. The summed E-state index contributed by atoms with van der Waals surface area (Å²) < 4.78 is 26.9. The van der Waals surface area contributed by atoms with Gasteiger partial charge in [-0.2, -0.15) is 5.10 Å². The highest BCUT2D eigenvalue weighted by atomic mass is 35.5. The predicted octanol–water partition coefficient (Wildman–Crippen LogP) is 7.47. The maximum Gasteiger partial charge on any atom is 0.255 e. The first kappa shape index (κ1) is 29.6. The number of ether oxygens (including phenoxy) is 2. The van der Waals surface area contributed by atoms with E-state index in [-0.39, 0.29) is 10.7 Å². The number of carbonyl (C=O) groups excluding carboxylic acids is 1. The van der Waals surface area contributed by atoms with Crippen LogP contribution in [0, 0.1) is 12.7 Å². The van der Waals surface area contributed by atoms with E-state index in [1.807, 2.05) is 55.6 Å². The molecule has 0 unspecified atom stereocenters. The number of halogens is 2. The number of hydrogen-bond donors (Lipinski definition) is 2. The van der Waals surface area contributed by atoms with Gasteiger partial charge in [-0.05, 0) is 55.0 Å². The fourth-order valence-electron chi connectivity index (χ4n) is 5.02. The van der Waals surface area contributed by atoms with E-state index in [1.165, 1.54) is 18.5 Å². The summed E-state index contributed by atoms with van der Waals surface area (Å²) in [6, 6.07) is 21.2. The molecule has 45 heavy (non-hydrogen) atoms. The van der Waals surface area contributed by atoms with Crippen LogP contribution in [0.15, 0.2) is 91.5 Å². The number of hydrogen-bond acceptors (Lipinski definition) is 7. The number of para-hydroxylation sites is 1. The molecule has 2 heterocycles. The lowest BCUT2D eigenvalue weighted by Gasteiger charge is -2.13. The zero-order chi connectivity index (χ0) is 31.5. The number of carbonyl (C=O) groups is 1. The maximum absolute atomic E-state index is 14.4. The quantitative estimate of drug-likeness (QED) is 0.172. The van der Waals surface area contributed by atoms with Crippen molar-refractivity contribution in [2.75, 3.05) is 24.9 Å². The Morgan fingerprint density at radius 1 is 1.00 bits per heavy atom. The highest BCUT2D eigenvalue weighted by Gasteiger charge is 2.16. The van der Waals surface area contributed by atoms with Gasteiger partial charge in [-0.1, -0.05) is 35.9 Å². The molecule has 0 fully saturated rings.